The van der Waals surface area contributed by atoms with Gasteiger partial charge in [0, 0.05) is 16.9 Å². The van der Waals surface area contributed by atoms with E-state index in [0.717, 1.165) is 5.56 Å². The van der Waals surface area contributed by atoms with Gasteiger partial charge in [-0.25, -0.2) is 9.78 Å². The molecule has 0 saturated carbocycles. The highest BCUT2D eigenvalue weighted by molar-refractivity contribution is 6.31. The molecule has 0 aliphatic rings. The summed E-state index contributed by atoms with van der Waals surface area (Å²) >= 11 is 5.97. The summed E-state index contributed by atoms with van der Waals surface area (Å²) in [6.07, 6.45) is 1.22. The summed E-state index contributed by atoms with van der Waals surface area (Å²) in [5.74, 6) is -1.51. The van der Waals surface area contributed by atoms with Crippen LogP contribution >= 0.6 is 11.6 Å². The molecule has 2 aromatic rings. The lowest BCUT2D eigenvalue weighted by atomic mass is 10.2. The van der Waals surface area contributed by atoms with E-state index in [9.17, 15) is 9.59 Å². The van der Waals surface area contributed by atoms with Crippen LogP contribution in [0.25, 0.3) is 0 Å². The number of carboxylic acid groups (broad SMARTS) is 1. The molecule has 1 amide bonds. The molecule has 5 nitrogen and oxygen atoms in total. The Balaban J connectivity index is 2.20. The SMILES string of the molecule is Cc1c(Cl)cccc1NC(=O)c1ccc(C(=O)O)nc1. The van der Waals surface area contributed by atoms with Gasteiger partial charge in [0.2, 0.25) is 0 Å². The normalized spacial score (nSPS) is 10.1. The summed E-state index contributed by atoms with van der Waals surface area (Å²) in [5.41, 5.74) is 1.53. The minimum absolute atomic E-state index is 0.111. The largest absolute Gasteiger partial charge is 0.477 e. The molecule has 2 N–H and O–H groups in total. The Morgan fingerprint density at radius 2 is 2.00 bits per heavy atom. The molecule has 0 aliphatic carbocycles. The lowest BCUT2D eigenvalue weighted by Crippen LogP contribution is -2.13. The molecular formula is C14H11ClN2O3. The van der Waals surface area contributed by atoms with Crippen molar-refractivity contribution in [2.45, 2.75) is 6.92 Å². The molecule has 102 valence electrons. The van der Waals surface area contributed by atoms with Crippen molar-refractivity contribution in [2.75, 3.05) is 5.32 Å². The predicted molar refractivity (Wildman–Crippen MR) is 75.3 cm³/mol. The average Bonchev–Trinajstić information content (AvgIpc) is 2.44. The zero-order valence-electron chi connectivity index (χ0n) is 10.6. The number of nitrogens with one attached hydrogen (secondary N) is 1. The third-order valence-electron chi connectivity index (χ3n) is 2.76. The summed E-state index contributed by atoms with van der Waals surface area (Å²) in [7, 11) is 0. The summed E-state index contributed by atoms with van der Waals surface area (Å²) in [4.78, 5) is 26.4. The third-order valence-corrected chi connectivity index (χ3v) is 3.17. The topological polar surface area (TPSA) is 79.3 Å². The van der Waals surface area contributed by atoms with Gasteiger partial charge in [0.25, 0.3) is 5.91 Å². The minimum Gasteiger partial charge on any atom is -0.477 e. The van der Waals surface area contributed by atoms with Gasteiger partial charge in [0.15, 0.2) is 0 Å². The number of aromatic nitrogens is 1. The molecule has 0 radical (unpaired) electrons. The molecular weight excluding hydrogens is 280 g/mol. The number of anilines is 1. The molecule has 6 heteroatoms. The molecule has 20 heavy (non-hydrogen) atoms. The molecule has 0 bridgehead atoms. The van der Waals surface area contributed by atoms with Crippen LogP contribution in [0.1, 0.15) is 26.4 Å². The predicted octanol–water partition coefficient (Wildman–Crippen LogP) is 2.99. The van der Waals surface area contributed by atoms with Crippen LogP contribution in [0.2, 0.25) is 5.02 Å². The van der Waals surface area contributed by atoms with E-state index in [1.165, 1.54) is 18.3 Å². The van der Waals surface area contributed by atoms with Gasteiger partial charge in [-0.05, 0) is 36.8 Å². The second kappa shape index (κ2) is 5.71. The highest BCUT2D eigenvalue weighted by atomic mass is 35.5. The van der Waals surface area contributed by atoms with Crippen molar-refractivity contribution in [3.63, 3.8) is 0 Å². The summed E-state index contributed by atoms with van der Waals surface area (Å²) in [5, 5.41) is 12.0. The van der Waals surface area contributed by atoms with Crippen molar-refractivity contribution < 1.29 is 14.7 Å². The van der Waals surface area contributed by atoms with Gasteiger partial charge in [0.05, 0.1) is 5.56 Å². The fourth-order valence-electron chi connectivity index (χ4n) is 1.59. The Morgan fingerprint density at radius 3 is 2.60 bits per heavy atom. The van der Waals surface area contributed by atoms with E-state index < -0.39 is 5.97 Å². The number of aromatic carboxylic acids is 1. The van der Waals surface area contributed by atoms with Crippen LogP contribution < -0.4 is 5.32 Å². The van der Waals surface area contributed by atoms with E-state index in [1.807, 2.05) is 0 Å². The summed E-state index contributed by atoms with van der Waals surface area (Å²) < 4.78 is 0. The Labute approximate surface area is 120 Å². The van der Waals surface area contributed by atoms with Gasteiger partial charge < -0.3 is 10.4 Å². The van der Waals surface area contributed by atoms with Crippen molar-refractivity contribution in [2.24, 2.45) is 0 Å². The quantitative estimate of drug-likeness (QED) is 0.911. The lowest BCUT2D eigenvalue weighted by molar-refractivity contribution is 0.0690. The zero-order chi connectivity index (χ0) is 14.7. The fourth-order valence-corrected chi connectivity index (χ4v) is 1.77. The van der Waals surface area contributed by atoms with Crippen molar-refractivity contribution >= 4 is 29.2 Å². The first-order valence-corrected chi connectivity index (χ1v) is 6.12. The van der Waals surface area contributed by atoms with Crippen molar-refractivity contribution in [1.82, 2.24) is 4.98 Å². The Kier molecular flexibility index (Phi) is 4.00. The zero-order valence-corrected chi connectivity index (χ0v) is 11.3. The molecule has 0 aliphatic heterocycles. The summed E-state index contributed by atoms with van der Waals surface area (Å²) in [6, 6.07) is 7.89. The van der Waals surface area contributed by atoms with E-state index in [4.69, 9.17) is 16.7 Å². The number of rotatable bonds is 3. The first-order chi connectivity index (χ1) is 9.49. The number of halogens is 1. The highest BCUT2D eigenvalue weighted by Gasteiger charge is 2.11. The van der Waals surface area contributed by atoms with Gasteiger partial charge >= 0.3 is 5.97 Å². The molecule has 0 atom stereocenters. The van der Waals surface area contributed by atoms with Crippen LogP contribution in [0.4, 0.5) is 5.69 Å². The number of hydrogen-bond acceptors (Lipinski definition) is 3. The molecule has 0 fully saturated rings. The molecule has 1 aromatic heterocycles. The van der Waals surface area contributed by atoms with E-state index in [0.29, 0.717) is 10.7 Å². The fraction of sp³-hybridized carbons (Fsp3) is 0.0714. The number of carbonyl (C=O) groups excluding carboxylic acids is 1. The number of carbonyl (C=O) groups is 2. The van der Waals surface area contributed by atoms with Crippen molar-refractivity contribution in [3.05, 3.63) is 58.4 Å². The number of pyridine rings is 1. The highest BCUT2D eigenvalue weighted by Crippen LogP contribution is 2.23. The van der Waals surface area contributed by atoms with Crippen molar-refractivity contribution in [1.29, 1.82) is 0 Å². The van der Waals surface area contributed by atoms with Crippen LogP contribution in [-0.4, -0.2) is 22.0 Å². The van der Waals surface area contributed by atoms with Crippen LogP contribution in [0.5, 0.6) is 0 Å². The van der Waals surface area contributed by atoms with E-state index in [2.05, 4.69) is 10.3 Å². The summed E-state index contributed by atoms with van der Waals surface area (Å²) in [6.45, 7) is 1.80. The maximum Gasteiger partial charge on any atom is 0.354 e. The number of nitrogens with zero attached hydrogens (tertiary/aromatic N) is 1. The van der Waals surface area contributed by atoms with E-state index in [-0.39, 0.29) is 17.2 Å². The van der Waals surface area contributed by atoms with Gasteiger partial charge in [-0.15, -0.1) is 0 Å². The van der Waals surface area contributed by atoms with E-state index in [1.54, 1.807) is 25.1 Å². The Bertz CT molecular complexity index is 669. The van der Waals surface area contributed by atoms with Crippen LogP contribution in [0, 0.1) is 6.92 Å². The van der Waals surface area contributed by atoms with Gasteiger partial charge in [-0.1, -0.05) is 17.7 Å². The second-order valence-corrected chi connectivity index (χ2v) is 4.51. The third kappa shape index (κ3) is 2.95. The smallest absolute Gasteiger partial charge is 0.354 e. The van der Waals surface area contributed by atoms with Crippen LogP contribution in [-0.2, 0) is 0 Å². The maximum absolute atomic E-state index is 12.0. The second-order valence-electron chi connectivity index (χ2n) is 4.10. The molecule has 2 rings (SSSR count). The Hall–Kier alpha value is -2.40. The lowest BCUT2D eigenvalue weighted by Gasteiger charge is -2.09. The van der Waals surface area contributed by atoms with Crippen molar-refractivity contribution in [3.8, 4) is 0 Å². The van der Waals surface area contributed by atoms with Crippen LogP contribution in [0.3, 0.4) is 0 Å². The molecule has 1 aromatic carbocycles. The molecule has 0 spiro atoms. The number of carboxylic acids is 1. The van der Waals surface area contributed by atoms with Crippen LogP contribution in [0.15, 0.2) is 36.5 Å². The van der Waals surface area contributed by atoms with Gasteiger partial charge in [-0.3, -0.25) is 4.79 Å². The first-order valence-electron chi connectivity index (χ1n) is 5.75. The Morgan fingerprint density at radius 1 is 1.25 bits per heavy atom. The van der Waals surface area contributed by atoms with E-state index >= 15 is 0 Å². The molecule has 1 heterocycles. The maximum atomic E-state index is 12.0. The standard InChI is InChI=1S/C14H11ClN2O3/c1-8-10(15)3-2-4-11(8)17-13(18)9-5-6-12(14(19)20)16-7-9/h2-7H,1H3,(H,17,18)(H,19,20). The number of hydrogen-bond donors (Lipinski definition) is 2. The molecule has 0 saturated heterocycles. The number of amides is 1. The molecule has 0 unspecified atom stereocenters. The van der Waals surface area contributed by atoms with Gasteiger partial charge in [-0.2, -0.15) is 0 Å². The number of benzene rings is 1. The minimum atomic E-state index is -1.14. The first kappa shape index (κ1) is 14.0. The van der Waals surface area contributed by atoms with Gasteiger partial charge in [0.1, 0.15) is 5.69 Å². The average molecular weight is 291 g/mol. The monoisotopic (exact) mass is 290 g/mol.